The molecule has 0 aromatic heterocycles. The van der Waals surface area contributed by atoms with E-state index in [-0.39, 0.29) is 16.4 Å². The average molecular weight is 299 g/mol. The Kier molecular flexibility index (Phi) is 3.76. The number of carboxylic acids is 1. The minimum absolute atomic E-state index is 0.0524. The maximum atomic E-state index is 13.6. The predicted octanol–water partition coefficient (Wildman–Crippen LogP) is 3.64. The molecule has 4 N–H and O–H groups in total. The Morgan fingerprint density at radius 2 is 1.90 bits per heavy atom. The van der Waals surface area contributed by atoms with Crippen molar-refractivity contribution < 1.29 is 18.7 Å². The Labute approximate surface area is 117 Å². The van der Waals surface area contributed by atoms with Gasteiger partial charge in [0, 0.05) is 0 Å². The molecule has 0 unspecified atom stereocenters. The monoisotopic (exact) mass is 298 g/mol. The number of carbonyl (C=O) groups is 1. The molecule has 104 valence electrons. The lowest BCUT2D eigenvalue weighted by Crippen LogP contribution is -2.09. The maximum absolute atomic E-state index is 13.6. The first-order chi connectivity index (χ1) is 9.41. The summed E-state index contributed by atoms with van der Waals surface area (Å²) in [6.45, 7) is 0. The zero-order valence-corrected chi connectivity index (χ0v) is 10.7. The molecule has 0 bridgehead atoms. The summed E-state index contributed by atoms with van der Waals surface area (Å²) in [6, 6.07) is 6.12. The Morgan fingerprint density at radius 1 is 1.20 bits per heavy atom. The number of hydrogen-bond acceptors (Lipinski definition) is 3. The fourth-order valence-corrected chi connectivity index (χ4v) is 1.89. The van der Waals surface area contributed by atoms with Crippen LogP contribution in [-0.2, 0) is 0 Å². The van der Waals surface area contributed by atoms with Gasteiger partial charge in [-0.25, -0.2) is 13.6 Å². The number of benzene rings is 2. The van der Waals surface area contributed by atoms with E-state index in [9.17, 15) is 13.6 Å². The van der Waals surface area contributed by atoms with Crippen LogP contribution in [0.2, 0.25) is 5.02 Å². The van der Waals surface area contributed by atoms with Gasteiger partial charge < -0.3 is 16.2 Å². The molecule has 0 saturated carbocycles. The van der Waals surface area contributed by atoms with Gasteiger partial charge in [0.2, 0.25) is 0 Å². The zero-order valence-electron chi connectivity index (χ0n) is 9.95. The zero-order chi connectivity index (χ0) is 14.9. The molecule has 0 spiro atoms. The molecule has 0 amide bonds. The molecule has 20 heavy (non-hydrogen) atoms. The first kappa shape index (κ1) is 14.1. The highest BCUT2D eigenvalue weighted by Gasteiger charge is 2.19. The van der Waals surface area contributed by atoms with Crippen molar-refractivity contribution in [2.24, 2.45) is 0 Å². The van der Waals surface area contributed by atoms with Crippen LogP contribution < -0.4 is 11.1 Å². The van der Waals surface area contributed by atoms with E-state index in [1.54, 1.807) is 0 Å². The summed E-state index contributed by atoms with van der Waals surface area (Å²) in [7, 11) is 0. The third-order valence-electron chi connectivity index (χ3n) is 2.63. The number of anilines is 3. The van der Waals surface area contributed by atoms with Crippen LogP contribution in [0.4, 0.5) is 25.8 Å². The Bertz CT molecular complexity index is 672. The predicted molar refractivity (Wildman–Crippen MR) is 72.5 cm³/mol. The van der Waals surface area contributed by atoms with Crippen molar-refractivity contribution in [2.75, 3.05) is 11.1 Å². The Morgan fingerprint density at radius 3 is 2.50 bits per heavy atom. The van der Waals surface area contributed by atoms with Gasteiger partial charge in [-0.1, -0.05) is 17.7 Å². The van der Waals surface area contributed by atoms with E-state index in [0.29, 0.717) is 0 Å². The van der Waals surface area contributed by atoms with E-state index in [1.807, 2.05) is 0 Å². The number of nitrogens with two attached hydrogens (primary N) is 1. The van der Waals surface area contributed by atoms with Crippen molar-refractivity contribution in [2.45, 2.75) is 0 Å². The fraction of sp³-hybridized carbons (Fsp3) is 0. The number of rotatable bonds is 3. The molecule has 0 heterocycles. The molecule has 4 nitrogen and oxygen atoms in total. The lowest BCUT2D eigenvalue weighted by Gasteiger charge is -2.13. The number of para-hydroxylation sites is 1. The molecule has 2 aromatic rings. The number of carboxylic acid groups (broad SMARTS) is 1. The quantitative estimate of drug-likeness (QED) is 0.756. The van der Waals surface area contributed by atoms with E-state index in [1.165, 1.54) is 12.1 Å². The summed E-state index contributed by atoms with van der Waals surface area (Å²) in [5.41, 5.74) is 4.22. The smallest absolute Gasteiger partial charge is 0.340 e. The van der Waals surface area contributed by atoms with Crippen LogP contribution in [0, 0.1) is 11.6 Å². The van der Waals surface area contributed by atoms with Crippen molar-refractivity contribution in [1.29, 1.82) is 0 Å². The number of nitrogen functional groups attached to an aromatic ring is 1. The van der Waals surface area contributed by atoms with E-state index >= 15 is 0 Å². The van der Waals surface area contributed by atoms with Gasteiger partial charge in [0.15, 0.2) is 0 Å². The molecule has 0 aliphatic carbocycles. The number of hydrogen-bond donors (Lipinski definition) is 3. The second kappa shape index (κ2) is 5.34. The maximum Gasteiger partial charge on any atom is 0.340 e. The largest absolute Gasteiger partial charge is 0.478 e. The van der Waals surface area contributed by atoms with Gasteiger partial charge in [0.25, 0.3) is 0 Å². The summed E-state index contributed by atoms with van der Waals surface area (Å²) in [5, 5.41) is 11.7. The number of aromatic carboxylic acids is 1. The topological polar surface area (TPSA) is 75.3 Å². The van der Waals surface area contributed by atoms with Gasteiger partial charge in [-0.05, 0) is 24.3 Å². The van der Waals surface area contributed by atoms with Crippen molar-refractivity contribution >= 4 is 34.6 Å². The van der Waals surface area contributed by atoms with Gasteiger partial charge >= 0.3 is 5.97 Å². The summed E-state index contributed by atoms with van der Waals surface area (Å²) < 4.78 is 26.9. The SMILES string of the molecule is Nc1c(F)ccc(Nc2c(F)cccc2Cl)c1C(=O)O. The fourth-order valence-electron chi connectivity index (χ4n) is 1.68. The minimum atomic E-state index is -1.43. The van der Waals surface area contributed by atoms with Crippen LogP contribution in [0.5, 0.6) is 0 Å². The van der Waals surface area contributed by atoms with E-state index < -0.39 is 28.9 Å². The van der Waals surface area contributed by atoms with Crippen molar-refractivity contribution in [3.63, 3.8) is 0 Å². The molecule has 0 aliphatic heterocycles. The summed E-state index contributed by atoms with van der Waals surface area (Å²) in [4.78, 5) is 11.1. The summed E-state index contributed by atoms with van der Waals surface area (Å²) >= 11 is 5.83. The second-order valence-corrected chi connectivity index (χ2v) is 4.32. The Hall–Kier alpha value is -2.34. The molecular weight excluding hydrogens is 290 g/mol. The van der Waals surface area contributed by atoms with Gasteiger partial charge in [0.1, 0.15) is 17.2 Å². The third kappa shape index (κ3) is 2.50. The standard InChI is InChI=1S/C13H9ClF2N2O2/c14-6-2-1-3-8(16)12(6)18-9-5-4-7(15)11(17)10(9)13(19)20/h1-5,18H,17H2,(H,19,20). The summed E-state index contributed by atoms with van der Waals surface area (Å²) in [5.74, 6) is -2.97. The molecule has 2 aromatic carbocycles. The number of nitrogens with one attached hydrogen (secondary N) is 1. The van der Waals surface area contributed by atoms with Crippen LogP contribution in [0.1, 0.15) is 10.4 Å². The van der Waals surface area contributed by atoms with E-state index in [4.69, 9.17) is 22.4 Å². The molecule has 0 aliphatic rings. The highest BCUT2D eigenvalue weighted by molar-refractivity contribution is 6.33. The van der Waals surface area contributed by atoms with Gasteiger partial charge in [-0.3, -0.25) is 0 Å². The molecule has 0 fully saturated rings. The number of halogens is 3. The van der Waals surface area contributed by atoms with E-state index in [2.05, 4.69) is 5.32 Å². The highest BCUT2D eigenvalue weighted by Crippen LogP contribution is 2.32. The molecule has 0 saturated heterocycles. The van der Waals surface area contributed by atoms with Crippen LogP contribution in [-0.4, -0.2) is 11.1 Å². The Balaban J connectivity index is 2.55. The van der Waals surface area contributed by atoms with Crippen LogP contribution >= 0.6 is 11.6 Å². The second-order valence-electron chi connectivity index (χ2n) is 3.91. The van der Waals surface area contributed by atoms with Crippen LogP contribution in [0.25, 0.3) is 0 Å². The van der Waals surface area contributed by atoms with Crippen LogP contribution in [0.15, 0.2) is 30.3 Å². The molecule has 7 heteroatoms. The van der Waals surface area contributed by atoms with Crippen LogP contribution in [0.3, 0.4) is 0 Å². The minimum Gasteiger partial charge on any atom is -0.478 e. The lowest BCUT2D eigenvalue weighted by atomic mass is 10.1. The van der Waals surface area contributed by atoms with Crippen molar-refractivity contribution in [3.05, 3.63) is 52.6 Å². The first-order valence-corrected chi connectivity index (χ1v) is 5.82. The van der Waals surface area contributed by atoms with Gasteiger partial charge in [0.05, 0.1) is 22.1 Å². The van der Waals surface area contributed by atoms with Crippen molar-refractivity contribution in [3.8, 4) is 0 Å². The van der Waals surface area contributed by atoms with E-state index in [0.717, 1.165) is 18.2 Å². The average Bonchev–Trinajstić information content (AvgIpc) is 2.37. The summed E-state index contributed by atoms with van der Waals surface area (Å²) in [6.07, 6.45) is 0. The molecule has 2 rings (SSSR count). The lowest BCUT2D eigenvalue weighted by molar-refractivity contribution is 0.0698. The van der Waals surface area contributed by atoms with Gasteiger partial charge in [-0.2, -0.15) is 0 Å². The first-order valence-electron chi connectivity index (χ1n) is 5.44. The van der Waals surface area contributed by atoms with Gasteiger partial charge in [-0.15, -0.1) is 0 Å². The third-order valence-corrected chi connectivity index (χ3v) is 2.94. The normalized spacial score (nSPS) is 10.3. The molecule has 0 atom stereocenters. The molecule has 0 radical (unpaired) electrons. The highest BCUT2D eigenvalue weighted by atomic mass is 35.5. The van der Waals surface area contributed by atoms with Crippen molar-refractivity contribution in [1.82, 2.24) is 0 Å². The molecular formula is C13H9ClF2N2O2.